The molecular formula is C22H15F5N2O2. The van der Waals surface area contributed by atoms with Gasteiger partial charge in [0.2, 0.25) is 29.1 Å². The third-order valence-corrected chi connectivity index (χ3v) is 3.98. The Balaban J connectivity index is 1.90. The molecule has 0 aliphatic heterocycles. The van der Waals surface area contributed by atoms with E-state index in [0.29, 0.717) is 11.4 Å². The smallest absolute Gasteiger partial charge is 0.207 e. The summed E-state index contributed by atoms with van der Waals surface area (Å²) in [6, 6.07) is 13.4. The first-order chi connectivity index (χ1) is 14.9. The van der Waals surface area contributed by atoms with Crippen LogP contribution in [0.5, 0.6) is 11.5 Å². The van der Waals surface area contributed by atoms with E-state index in [2.05, 4.69) is 16.8 Å². The second-order valence-electron chi connectivity index (χ2n) is 6.11. The first-order valence-electron chi connectivity index (χ1n) is 8.90. The van der Waals surface area contributed by atoms with Crippen LogP contribution < -0.4 is 9.47 Å². The molecule has 0 spiro atoms. The van der Waals surface area contributed by atoms with E-state index in [1.165, 1.54) is 18.2 Å². The molecule has 0 aliphatic rings. The molecule has 0 heterocycles. The number of ether oxygens (including phenoxy) is 2. The van der Waals surface area contributed by atoms with Crippen LogP contribution >= 0.6 is 0 Å². The van der Waals surface area contributed by atoms with Crippen LogP contribution in [-0.2, 0) is 6.61 Å². The second-order valence-corrected chi connectivity index (χ2v) is 6.11. The summed E-state index contributed by atoms with van der Waals surface area (Å²) in [6.07, 6.45) is 1.47. The highest BCUT2D eigenvalue weighted by Crippen LogP contribution is 2.32. The third-order valence-electron chi connectivity index (χ3n) is 3.98. The van der Waals surface area contributed by atoms with Crippen molar-refractivity contribution in [2.45, 2.75) is 6.61 Å². The van der Waals surface area contributed by atoms with E-state index in [-0.39, 0.29) is 17.9 Å². The summed E-state index contributed by atoms with van der Waals surface area (Å²) in [5.74, 6) is -11.7. The highest BCUT2D eigenvalue weighted by molar-refractivity contribution is 5.48. The first kappa shape index (κ1) is 21.9. The van der Waals surface area contributed by atoms with Crippen LogP contribution in [0.2, 0.25) is 0 Å². The van der Waals surface area contributed by atoms with Gasteiger partial charge < -0.3 is 9.47 Å². The molecule has 0 aliphatic carbocycles. The van der Waals surface area contributed by atoms with E-state index in [9.17, 15) is 22.0 Å². The molecule has 3 aromatic carbocycles. The maximum absolute atomic E-state index is 13.9. The zero-order valence-electron chi connectivity index (χ0n) is 15.9. The SMILES string of the molecule is C=CCOc1ccc(N=Nc2ccccc2)cc1COc1c(F)c(F)c(F)c(F)c1F. The van der Waals surface area contributed by atoms with E-state index in [0.717, 1.165) is 0 Å². The second kappa shape index (κ2) is 9.84. The lowest BCUT2D eigenvalue weighted by Crippen LogP contribution is -2.08. The third kappa shape index (κ3) is 5.06. The van der Waals surface area contributed by atoms with Crippen molar-refractivity contribution in [2.24, 2.45) is 10.2 Å². The Hall–Kier alpha value is -3.75. The van der Waals surface area contributed by atoms with Crippen molar-refractivity contribution >= 4 is 11.4 Å². The van der Waals surface area contributed by atoms with Gasteiger partial charge in [0.05, 0.1) is 11.4 Å². The lowest BCUT2D eigenvalue weighted by atomic mass is 10.2. The van der Waals surface area contributed by atoms with E-state index < -0.39 is 41.4 Å². The molecule has 9 heteroatoms. The molecule has 0 saturated heterocycles. The van der Waals surface area contributed by atoms with Gasteiger partial charge in [0.15, 0.2) is 5.75 Å². The average Bonchev–Trinajstić information content (AvgIpc) is 2.80. The van der Waals surface area contributed by atoms with Crippen LogP contribution in [0.3, 0.4) is 0 Å². The summed E-state index contributed by atoms with van der Waals surface area (Å²) < 4.78 is 78.1. The molecule has 160 valence electrons. The van der Waals surface area contributed by atoms with Gasteiger partial charge in [0, 0.05) is 5.56 Å². The first-order valence-corrected chi connectivity index (χ1v) is 8.90. The zero-order chi connectivity index (χ0) is 22.4. The molecule has 31 heavy (non-hydrogen) atoms. The summed E-state index contributed by atoms with van der Waals surface area (Å²) in [5.41, 5.74) is 1.19. The van der Waals surface area contributed by atoms with Crippen LogP contribution in [0.15, 0.2) is 71.4 Å². The quantitative estimate of drug-likeness (QED) is 0.127. The molecule has 0 saturated carbocycles. The molecule has 0 atom stereocenters. The van der Waals surface area contributed by atoms with Gasteiger partial charge in [0.1, 0.15) is 19.0 Å². The minimum Gasteiger partial charge on any atom is -0.489 e. The fourth-order valence-electron chi connectivity index (χ4n) is 2.50. The monoisotopic (exact) mass is 434 g/mol. The predicted octanol–water partition coefficient (Wildman–Crippen LogP) is 6.94. The lowest BCUT2D eigenvalue weighted by Gasteiger charge is -2.14. The topological polar surface area (TPSA) is 43.2 Å². The minimum absolute atomic E-state index is 0.112. The molecule has 0 bridgehead atoms. The van der Waals surface area contributed by atoms with E-state index in [1.807, 2.05) is 6.07 Å². The summed E-state index contributed by atoms with van der Waals surface area (Å²) in [7, 11) is 0. The standard InChI is InChI=1S/C22H15F5N2O2/c1-2-10-30-16-9-8-15(29-28-14-6-4-3-5-7-14)11-13(16)12-31-22-20(26)18(24)17(23)19(25)21(22)27/h2-9,11H,1,10,12H2. The molecule has 4 nitrogen and oxygen atoms in total. The van der Waals surface area contributed by atoms with Crippen molar-refractivity contribution in [1.29, 1.82) is 0 Å². The summed E-state index contributed by atoms with van der Waals surface area (Å²) in [6.45, 7) is 3.08. The van der Waals surface area contributed by atoms with Crippen molar-refractivity contribution in [2.75, 3.05) is 6.61 Å². The molecule has 3 aromatic rings. The summed E-state index contributed by atoms with van der Waals surface area (Å²) in [4.78, 5) is 0. The van der Waals surface area contributed by atoms with E-state index in [4.69, 9.17) is 9.47 Å². The largest absolute Gasteiger partial charge is 0.489 e. The average molecular weight is 434 g/mol. The fraction of sp³-hybridized carbons (Fsp3) is 0.0909. The Bertz CT molecular complexity index is 1090. The number of benzene rings is 3. The maximum Gasteiger partial charge on any atom is 0.207 e. The Morgan fingerprint density at radius 2 is 1.35 bits per heavy atom. The van der Waals surface area contributed by atoms with Crippen LogP contribution in [0.1, 0.15) is 5.56 Å². The van der Waals surface area contributed by atoms with Gasteiger partial charge in [-0.2, -0.15) is 19.0 Å². The van der Waals surface area contributed by atoms with Crippen molar-refractivity contribution in [3.8, 4) is 11.5 Å². The van der Waals surface area contributed by atoms with Gasteiger partial charge in [-0.1, -0.05) is 30.9 Å². The van der Waals surface area contributed by atoms with Gasteiger partial charge >= 0.3 is 0 Å². The van der Waals surface area contributed by atoms with Crippen LogP contribution in [0.4, 0.5) is 33.3 Å². The zero-order valence-corrected chi connectivity index (χ0v) is 15.9. The van der Waals surface area contributed by atoms with Crippen molar-refractivity contribution in [3.05, 3.63) is 95.8 Å². The molecule has 0 unspecified atom stereocenters. The highest BCUT2D eigenvalue weighted by Gasteiger charge is 2.27. The Labute approximate surface area is 174 Å². The van der Waals surface area contributed by atoms with Crippen LogP contribution in [0, 0.1) is 29.1 Å². The highest BCUT2D eigenvalue weighted by atomic mass is 19.2. The molecule has 3 rings (SSSR count). The van der Waals surface area contributed by atoms with Gasteiger partial charge in [-0.05, 0) is 30.3 Å². The minimum atomic E-state index is -2.26. The van der Waals surface area contributed by atoms with Gasteiger partial charge in [-0.3, -0.25) is 0 Å². The van der Waals surface area contributed by atoms with Crippen molar-refractivity contribution in [3.63, 3.8) is 0 Å². The predicted molar refractivity (Wildman–Crippen MR) is 103 cm³/mol. The number of hydrogen-bond donors (Lipinski definition) is 0. The Morgan fingerprint density at radius 1 is 0.742 bits per heavy atom. The van der Waals surface area contributed by atoms with Crippen molar-refractivity contribution in [1.82, 2.24) is 0 Å². The normalized spacial score (nSPS) is 11.0. The van der Waals surface area contributed by atoms with Gasteiger partial charge in [0.25, 0.3) is 0 Å². The van der Waals surface area contributed by atoms with Gasteiger partial charge in [-0.25, -0.2) is 13.2 Å². The molecular weight excluding hydrogens is 419 g/mol. The Morgan fingerprint density at radius 3 is 2.00 bits per heavy atom. The fourth-order valence-corrected chi connectivity index (χ4v) is 2.50. The van der Waals surface area contributed by atoms with E-state index >= 15 is 0 Å². The summed E-state index contributed by atoms with van der Waals surface area (Å²) in [5, 5.41) is 8.12. The number of rotatable bonds is 8. The number of azo groups is 1. The van der Waals surface area contributed by atoms with Crippen LogP contribution in [-0.4, -0.2) is 6.61 Å². The lowest BCUT2D eigenvalue weighted by molar-refractivity contribution is 0.247. The molecule has 0 radical (unpaired) electrons. The molecule has 0 aromatic heterocycles. The van der Waals surface area contributed by atoms with E-state index in [1.54, 1.807) is 30.3 Å². The molecule has 0 N–H and O–H groups in total. The van der Waals surface area contributed by atoms with Crippen LogP contribution in [0.25, 0.3) is 0 Å². The maximum atomic E-state index is 13.9. The number of hydrogen-bond acceptors (Lipinski definition) is 4. The molecule has 0 amide bonds. The summed E-state index contributed by atoms with van der Waals surface area (Å²) >= 11 is 0. The van der Waals surface area contributed by atoms with Crippen molar-refractivity contribution < 1.29 is 31.4 Å². The number of halogens is 5. The number of nitrogens with zero attached hydrogens (tertiary/aromatic N) is 2. The Kier molecular flexibility index (Phi) is 6.96. The van der Waals surface area contributed by atoms with Gasteiger partial charge in [-0.15, -0.1) is 0 Å². The molecule has 0 fully saturated rings.